The molecule has 0 saturated carbocycles. The zero-order valence-electron chi connectivity index (χ0n) is 9.78. The van der Waals surface area contributed by atoms with Gasteiger partial charge in [0, 0.05) is 31.2 Å². The Morgan fingerprint density at radius 2 is 2.24 bits per heavy atom. The maximum Gasteiger partial charge on any atom is 0.0931 e. The molecular formula is C12H18ClNO2S. The lowest BCUT2D eigenvalue weighted by molar-refractivity contribution is -0.0305. The van der Waals surface area contributed by atoms with Crippen LogP contribution in [-0.2, 0) is 16.0 Å². The quantitative estimate of drug-likeness (QED) is 0.810. The first-order valence-corrected chi connectivity index (χ1v) is 7.18. The van der Waals surface area contributed by atoms with E-state index in [9.17, 15) is 0 Å². The first-order chi connectivity index (χ1) is 8.34. The molecule has 0 bridgehead atoms. The summed E-state index contributed by atoms with van der Waals surface area (Å²) >= 11 is 7.48. The normalized spacial score (nSPS) is 17.5. The number of halogens is 1. The predicted octanol–water partition coefficient (Wildman–Crippen LogP) is 2.69. The van der Waals surface area contributed by atoms with Crippen molar-refractivity contribution in [2.24, 2.45) is 0 Å². The second kappa shape index (κ2) is 7.34. The van der Waals surface area contributed by atoms with Gasteiger partial charge in [0.2, 0.25) is 0 Å². The standard InChI is InChI=1S/C12H18ClNO2S/c13-12-2-1-11(17-12)9-14-5-8-16-10-3-6-15-7-4-10/h1-2,10,14H,3-9H2. The predicted molar refractivity (Wildman–Crippen MR) is 70.8 cm³/mol. The molecule has 1 N–H and O–H groups in total. The van der Waals surface area contributed by atoms with Crippen molar-refractivity contribution in [2.45, 2.75) is 25.5 Å². The Bertz CT molecular complexity index is 326. The summed E-state index contributed by atoms with van der Waals surface area (Å²) in [6.45, 7) is 4.20. The van der Waals surface area contributed by atoms with Crippen molar-refractivity contribution in [3.63, 3.8) is 0 Å². The molecule has 0 spiro atoms. The van der Waals surface area contributed by atoms with Crippen LogP contribution in [0.3, 0.4) is 0 Å². The van der Waals surface area contributed by atoms with Gasteiger partial charge in [0.25, 0.3) is 0 Å². The average Bonchev–Trinajstić information content (AvgIpc) is 2.76. The topological polar surface area (TPSA) is 30.5 Å². The lowest BCUT2D eigenvalue weighted by Crippen LogP contribution is -2.27. The maximum atomic E-state index is 5.86. The van der Waals surface area contributed by atoms with Gasteiger partial charge in [-0.25, -0.2) is 0 Å². The van der Waals surface area contributed by atoms with Gasteiger partial charge in [-0.1, -0.05) is 11.6 Å². The summed E-state index contributed by atoms with van der Waals surface area (Å²) in [6.07, 6.45) is 2.45. The van der Waals surface area contributed by atoms with Crippen molar-refractivity contribution >= 4 is 22.9 Å². The summed E-state index contributed by atoms with van der Waals surface area (Å²) < 4.78 is 11.9. The van der Waals surface area contributed by atoms with Crippen LogP contribution in [0.5, 0.6) is 0 Å². The van der Waals surface area contributed by atoms with Crippen LogP contribution in [0.15, 0.2) is 12.1 Å². The number of hydrogen-bond donors (Lipinski definition) is 1. The van der Waals surface area contributed by atoms with Gasteiger partial charge in [-0.05, 0) is 25.0 Å². The fourth-order valence-corrected chi connectivity index (χ4v) is 2.86. The molecule has 96 valence electrons. The van der Waals surface area contributed by atoms with Crippen LogP contribution in [0.4, 0.5) is 0 Å². The van der Waals surface area contributed by atoms with E-state index in [1.54, 1.807) is 11.3 Å². The van der Waals surface area contributed by atoms with Gasteiger partial charge in [-0.3, -0.25) is 0 Å². The minimum atomic E-state index is 0.390. The molecule has 17 heavy (non-hydrogen) atoms. The maximum absolute atomic E-state index is 5.86. The third kappa shape index (κ3) is 4.94. The Morgan fingerprint density at radius 3 is 2.94 bits per heavy atom. The van der Waals surface area contributed by atoms with Crippen LogP contribution >= 0.6 is 22.9 Å². The SMILES string of the molecule is Clc1ccc(CNCCOC2CCOCC2)s1. The van der Waals surface area contributed by atoms with Crippen molar-refractivity contribution in [2.75, 3.05) is 26.4 Å². The van der Waals surface area contributed by atoms with Crippen LogP contribution < -0.4 is 5.32 Å². The highest BCUT2D eigenvalue weighted by molar-refractivity contribution is 7.16. The highest BCUT2D eigenvalue weighted by Gasteiger charge is 2.13. The molecule has 1 saturated heterocycles. The number of rotatable bonds is 6. The molecule has 0 unspecified atom stereocenters. The molecule has 1 aromatic heterocycles. The lowest BCUT2D eigenvalue weighted by Gasteiger charge is -2.22. The number of thiophene rings is 1. The summed E-state index contributed by atoms with van der Waals surface area (Å²) in [4.78, 5) is 1.26. The summed E-state index contributed by atoms with van der Waals surface area (Å²) in [5.74, 6) is 0. The van der Waals surface area contributed by atoms with Gasteiger partial charge in [0.05, 0.1) is 17.0 Å². The molecule has 0 radical (unpaired) electrons. The van der Waals surface area contributed by atoms with Crippen molar-refractivity contribution in [1.82, 2.24) is 5.32 Å². The third-order valence-electron chi connectivity index (χ3n) is 2.73. The van der Waals surface area contributed by atoms with E-state index in [-0.39, 0.29) is 0 Å². The van der Waals surface area contributed by atoms with Gasteiger partial charge in [-0.15, -0.1) is 11.3 Å². The molecule has 0 aromatic carbocycles. The van der Waals surface area contributed by atoms with Crippen molar-refractivity contribution in [3.05, 3.63) is 21.3 Å². The molecule has 0 amide bonds. The third-order valence-corrected chi connectivity index (χ3v) is 3.96. The highest BCUT2D eigenvalue weighted by Crippen LogP contribution is 2.20. The first-order valence-electron chi connectivity index (χ1n) is 5.99. The Morgan fingerprint density at radius 1 is 1.41 bits per heavy atom. The Hall–Kier alpha value is -0.130. The van der Waals surface area contributed by atoms with Crippen LogP contribution in [0.25, 0.3) is 0 Å². The van der Waals surface area contributed by atoms with Gasteiger partial charge in [0.1, 0.15) is 0 Å². The van der Waals surface area contributed by atoms with Crippen LogP contribution in [0.1, 0.15) is 17.7 Å². The summed E-state index contributed by atoms with van der Waals surface area (Å²) in [5.41, 5.74) is 0. The average molecular weight is 276 g/mol. The zero-order chi connectivity index (χ0) is 11.9. The molecule has 1 aliphatic heterocycles. The largest absolute Gasteiger partial charge is 0.381 e. The first kappa shape index (κ1) is 13.3. The fraction of sp³-hybridized carbons (Fsp3) is 0.667. The zero-order valence-corrected chi connectivity index (χ0v) is 11.4. The molecule has 0 aliphatic carbocycles. The van der Waals surface area contributed by atoms with E-state index in [1.165, 1.54) is 4.88 Å². The van der Waals surface area contributed by atoms with Crippen molar-refractivity contribution in [1.29, 1.82) is 0 Å². The number of ether oxygens (including phenoxy) is 2. The van der Waals surface area contributed by atoms with E-state index in [4.69, 9.17) is 21.1 Å². The summed E-state index contributed by atoms with van der Waals surface area (Å²) in [7, 11) is 0. The molecule has 0 atom stereocenters. The smallest absolute Gasteiger partial charge is 0.0931 e. The minimum Gasteiger partial charge on any atom is -0.381 e. The molecule has 3 nitrogen and oxygen atoms in total. The van der Waals surface area contributed by atoms with E-state index in [2.05, 4.69) is 11.4 Å². The van der Waals surface area contributed by atoms with Crippen molar-refractivity contribution < 1.29 is 9.47 Å². The van der Waals surface area contributed by atoms with Gasteiger partial charge in [-0.2, -0.15) is 0 Å². The van der Waals surface area contributed by atoms with Gasteiger partial charge >= 0.3 is 0 Å². The summed E-state index contributed by atoms with van der Waals surface area (Å²) in [6, 6.07) is 3.99. The monoisotopic (exact) mass is 275 g/mol. The summed E-state index contributed by atoms with van der Waals surface area (Å²) in [5, 5.41) is 3.35. The fourth-order valence-electron chi connectivity index (χ4n) is 1.80. The van der Waals surface area contributed by atoms with E-state index in [0.717, 1.165) is 50.1 Å². The van der Waals surface area contributed by atoms with E-state index in [0.29, 0.717) is 6.10 Å². The van der Waals surface area contributed by atoms with Crippen LogP contribution in [0, 0.1) is 0 Å². The van der Waals surface area contributed by atoms with Gasteiger partial charge < -0.3 is 14.8 Å². The van der Waals surface area contributed by atoms with Gasteiger partial charge in [0.15, 0.2) is 0 Å². The van der Waals surface area contributed by atoms with E-state index in [1.807, 2.05) is 6.07 Å². The second-order valence-corrected chi connectivity index (χ2v) is 5.86. The Balaban J connectivity index is 1.51. The number of hydrogen-bond acceptors (Lipinski definition) is 4. The number of nitrogens with one attached hydrogen (secondary N) is 1. The van der Waals surface area contributed by atoms with E-state index < -0.39 is 0 Å². The minimum absolute atomic E-state index is 0.390. The van der Waals surface area contributed by atoms with Crippen LogP contribution in [-0.4, -0.2) is 32.5 Å². The molecule has 2 rings (SSSR count). The highest BCUT2D eigenvalue weighted by atomic mass is 35.5. The lowest BCUT2D eigenvalue weighted by atomic mass is 10.2. The van der Waals surface area contributed by atoms with Crippen molar-refractivity contribution in [3.8, 4) is 0 Å². The molecule has 1 fully saturated rings. The molecule has 1 aliphatic rings. The molecule has 2 heterocycles. The Kier molecular flexibility index (Phi) is 5.74. The molecule has 5 heteroatoms. The Labute approximate surface area is 111 Å². The molecular weight excluding hydrogens is 258 g/mol. The second-order valence-electron chi connectivity index (χ2n) is 4.07. The van der Waals surface area contributed by atoms with Crippen LogP contribution in [0.2, 0.25) is 4.34 Å². The molecule has 1 aromatic rings. The van der Waals surface area contributed by atoms with E-state index >= 15 is 0 Å².